The largest absolute Gasteiger partial charge is 0.323 e. The van der Waals surface area contributed by atoms with Gasteiger partial charge in [-0.1, -0.05) is 30.3 Å². The Morgan fingerprint density at radius 1 is 1.33 bits per heavy atom. The van der Waals surface area contributed by atoms with Gasteiger partial charge in [0.1, 0.15) is 5.82 Å². The molecule has 0 radical (unpaired) electrons. The van der Waals surface area contributed by atoms with Crippen molar-refractivity contribution in [1.82, 2.24) is 24.9 Å². The highest BCUT2D eigenvalue weighted by atomic mass is 16.2. The molecule has 0 atom stereocenters. The molecule has 2 aromatic heterocycles. The Morgan fingerprint density at radius 3 is 2.78 bits per heavy atom. The third-order valence-electron chi connectivity index (χ3n) is 4.96. The van der Waals surface area contributed by atoms with Gasteiger partial charge < -0.3 is 4.90 Å². The lowest BCUT2D eigenvalue weighted by molar-refractivity contribution is 0.220. The van der Waals surface area contributed by atoms with Gasteiger partial charge in [0.2, 0.25) is 0 Å². The van der Waals surface area contributed by atoms with Gasteiger partial charge in [-0.25, -0.2) is 4.79 Å². The number of rotatable bonds is 5. The fraction of sp³-hybridized carbons (Fsp3) is 0.350. The summed E-state index contributed by atoms with van der Waals surface area (Å²) in [6, 6.07) is 11.9. The maximum absolute atomic E-state index is 12.7. The lowest BCUT2D eigenvalue weighted by atomic mass is 10.1. The average Bonchev–Trinajstić information content (AvgIpc) is 3.36. The zero-order chi connectivity index (χ0) is 19.0. The summed E-state index contributed by atoms with van der Waals surface area (Å²) < 4.78 is 1.71. The molecular formula is C20H24N6O. The maximum Gasteiger partial charge on any atom is 0.323 e. The van der Waals surface area contributed by atoms with Crippen LogP contribution in [0.1, 0.15) is 35.7 Å². The van der Waals surface area contributed by atoms with E-state index in [2.05, 4.69) is 26.7 Å². The number of urea groups is 1. The number of aryl methyl sites for hydroxylation is 1. The lowest BCUT2D eigenvalue weighted by Crippen LogP contribution is -2.31. The van der Waals surface area contributed by atoms with Gasteiger partial charge in [0, 0.05) is 31.1 Å². The highest BCUT2D eigenvalue weighted by Crippen LogP contribution is 2.39. The van der Waals surface area contributed by atoms with E-state index in [0.29, 0.717) is 18.3 Å². The first-order valence-electron chi connectivity index (χ1n) is 9.18. The van der Waals surface area contributed by atoms with Gasteiger partial charge in [-0.2, -0.15) is 10.2 Å². The molecular weight excluding hydrogens is 340 g/mol. The van der Waals surface area contributed by atoms with Crippen LogP contribution in [0.4, 0.5) is 10.6 Å². The normalized spacial score (nSPS) is 13.6. The summed E-state index contributed by atoms with van der Waals surface area (Å²) >= 11 is 0. The molecule has 140 valence electrons. The Balaban J connectivity index is 1.46. The molecule has 1 aromatic carbocycles. The number of aromatic nitrogens is 4. The van der Waals surface area contributed by atoms with Crippen LogP contribution < -0.4 is 5.32 Å². The first-order chi connectivity index (χ1) is 13.0. The van der Waals surface area contributed by atoms with Gasteiger partial charge in [0.25, 0.3) is 0 Å². The van der Waals surface area contributed by atoms with Crippen molar-refractivity contribution >= 4 is 11.8 Å². The number of hydrogen-bond donors (Lipinski definition) is 2. The first kappa shape index (κ1) is 17.3. The lowest BCUT2D eigenvalue weighted by Gasteiger charge is -2.17. The molecule has 1 aliphatic carbocycles. The SMILES string of the molecule is Cc1c(-c2ccccc2)nn(C)c1NC(=O)N(C)Cc1cc(C2CC2)n[nH]1. The van der Waals surface area contributed by atoms with Crippen LogP contribution in [0.2, 0.25) is 0 Å². The predicted molar refractivity (Wildman–Crippen MR) is 104 cm³/mol. The van der Waals surface area contributed by atoms with Gasteiger partial charge in [0.15, 0.2) is 0 Å². The third kappa shape index (κ3) is 3.58. The van der Waals surface area contributed by atoms with Crippen LogP contribution in [-0.2, 0) is 13.6 Å². The van der Waals surface area contributed by atoms with E-state index in [-0.39, 0.29) is 6.03 Å². The van der Waals surface area contributed by atoms with Crippen molar-refractivity contribution in [3.63, 3.8) is 0 Å². The number of carbonyl (C=O) groups excluding carboxylic acids is 1. The minimum atomic E-state index is -0.178. The Labute approximate surface area is 158 Å². The van der Waals surface area contributed by atoms with Crippen molar-refractivity contribution in [1.29, 1.82) is 0 Å². The second-order valence-electron chi connectivity index (χ2n) is 7.19. The molecule has 0 spiro atoms. The molecule has 4 rings (SSSR count). The highest BCUT2D eigenvalue weighted by molar-refractivity contribution is 5.90. The molecule has 2 amide bonds. The molecule has 27 heavy (non-hydrogen) atoms. The molecule has 7 heteroatoms. The van der Waals surface area contributed by atoms with Gasteiger partial charge >= 0.3 is 6.03 Å². The first-order valence-corrected chi connectivity index (χ1v) is 9.18. The van der Waals surface area contributed by atoms with Gasteiger partial charge in [-0.3, -0.25) is 15.1 Å². The number of carbonyl (C=O) groups is 1. The van der Waals surface area contributed by atoms with Crippen molar-refractivity contribution < 1.29 is 4.79 Å². The van der Waals surface area contributed by atoms with Crippen LogP contribution in [0, 0.1) is 6.92 Å². The van der Waals surface area contributed by atoms with Gasteiger partial charge in [-0.05, 0) is 25.8 Å². The van der Waals surface area contributed by atoms with Crippen molar-refractivity contribution in [3.05, 3.63) is 53.3 Å². The number of nitrogens with zero attached hydrogens (tertiary/aromatic N) is 4. The zero-order valence-electron chi connectivity index (χ0n) is 15.9. The van der Waals surface area contributed by atoms with Crippen molar-refractivity contribution in [2.45, 2.75) is 32.2 Å². The summed E-state index contributed by atoms with van der Waals surface area (Å²) in [5.74, 6) is 1.30. The fourth-order valence-electron chi connectivity index (χ4n) is 3.25. The van der Waals surface area contributed by atoms with Crippen LogP contribution in [0.3, 0.4) is 0 Å². The molecule has 7 nitrogen and oxygen atoms in total. The average molecular weight is 364 g/mol. The molecule has 0 bridgehead atoms. The minimum Gasteiger partial charge on any atom is -0.322 e. The van der Waals surface area contributed by atoms with Crippen molar-refractivity contribution in [2.24, 2.45) is 7.05 Å². The summed E-state index contributed by atoms with van der Waals surface area (Å²) in [6.07, 6.45) is 2.42. The van der Waals surface area contributed by atoms with Crippen LogP contribution in [0.25, 0.3) is 11.3 Å². The summed E-state index contributed by atoms with van der Waals surface area (Å²) in [6.45, 7) is 2.45. The monoisotopic (exact) mass is 364 g/mol. The Hall–Kier alpha value is -3.09. The van der Waals surface area contributed by atoms with Crippen molar-refractivity contribution in [3.8, 4) is 11.3 Å². The van der Waals surface area contributed by atoms with E-state index >= 15 is 0 Å². The summed E-state index contributed by atoms with van der Waals surface area (Å²) in [4.78, 5) is 14.3. The molecule has 1 fully saturated rings. The standard InChI is InChI=1S/C20H24N6O/c1-13-18(15-7-5-4-6-8-15)24-26(3)19(13)21-20(27)25(2)12-16-11-17(23-22-16)14-9-10-14/h4-8,11,14H,9-10,12H2,1-3H3,(H,21,27)(H,22,23). The zero-order valence-corrected chi connectivity index (χ0v) is 15.9. The maximum atomic E-state index is 12.7. The van der Waals surface area contributed by atoms with Crippen molar-refractivity contribution in [2.75, 3.05) is 12.4 Å². The van der Waals surface area contributed by atoms with Crippen LogP contribution in [-0.4, -0.2) is 38.0 Å². The Morgan fingerprint density at radius 2 is 2.07 bits per heavy atom. The van der Waals surface area contributed by atoms with Crippen LogP contribution in [0.5, 0.6) is 0 Å². The van der Waals surface area contributed by atoms with E-state index in [0.717, 1.165) is 28.2 Å². The number of amides is 2. The summed E-state index contributed by atoms with van der Waals surface area (Å²) in [5, 5.41) is 14.9. The molecule has 0 saturated heterocycles. The van der Waals surface area contributed by atoms with E-state index in [1.165, 1.54) is 12.8 Å². The topological polar surface area (TPSA) is 78.8 Å². The number of benzene rings is 1. The number of nitrogens with one attached hydrogen (secondary N) is 2. The molecule has 0 unspecified atom stereocenters. The molecule has 2 heterocycles. The molecule has 2 N–H and O–H groups in total. The quantitative estimate of drug-likeness (QED) is 0.725. The van der Waals surface area contributed by atoms with E-state index in [9.17, 15) is 4.79 Å². The third-order valence-corrected chi connectivity index (χ3v) is 4.96. The molecule has 0 aliphatic heterocycles. The summed E-state index contributed by atoms with van der Waals surface area (Å²) in [7, 11) is 3.61. The molecule has 3 aromatic rings. The molecule has 1 aliphatic rings. The summed E-state index contributed by atoms with van der Waals surface area (Å²) in [5.41, 5.74) is 4.90. The second-order valence-corrected chi connectivity index (χ2v) is 7.19. The van der Waals surface area contributed by atoms with Gasteiger partial charge in [-0.15, -0.1) is 0 Å². The van der Waals surface area contributed by atoms with Crippen LogP contribution in [0.15, 0.2) is 36.4 Å². The van der Waals surface area contributed by atoms with E-state index < -0.39 is 0 Å². The van der Waals surface area contributed by atoms with Gasteiger partial charge in [0.05, 0.1) is 23.6 Å². The Bertz CT molecular complexity index is 954. The second kappa shape index (κ2) is 6.90. The number of anilines is 1. The van der Waals surface area contributed by atoms with Crippen LogP contribution >= 0.6 is 0 Å². The van der Waals surface area contributed by atoms with E-state index in [1.807, 2.05) is 44.3 Å². The smallest absolute Gasteiger partial charge is 0.322 e. The van der Waals surface area contributed by atoms with E-state index in [4.69, 9.17) is 0 Å². The minimum absolute atomic E-state index is 0.178. The Kier molecular flexibility index (Phi) is 4.43. The number of hydrogen-bond acceptors (Lipinski definition) is 3. The number of H-pyrrole nitrogens is 1. The predicted octanol–water partition coefficient (Wildman–Crippen LogP) is 3.66. The fourth-order valence-corrected chi connectivity index (χ4v) is 3.25. The number of aromatic amines is 1. The van der Waals surface area contributed by atoms with E-state index in [1.54, 1.807) is 16.6 Å². The highest BCUT2D eigenvalue weighted by Gasteiger charge is 2.26. The molecule has 1 saturated carbocycles.